The van der Waals surface area contributed by atoms with Crippen molar-refractivity contribution >= 4 is 45.0 Å². The highest BCUT2D eigenvalue weighted by atomic mass is 32.1. The molecular formula is C20H19N3O4S. The Labute approximate surface area is 165 Å². The van der Waals surface area contributed by atoms with Crippen molar-refractivity contribution < 1.29 is 19.1 Å². The standard InChI is InChI=1S/C20H19N3O4S/c21-20(26)13-8-10-14(11-9-13)22-17(24)12-27-19(25)7-3-6-18-23-15-4-1-2-5-16(15)28-18/h1-2,4-5,8-11H,3,6-7,12H2,(H2,21,26)(H,22,24). The number of primary amides is 1. The lowest BCUT2D eigenvalue weighted by Crippen LogP contribution is -2.21. The number of anilines is 1. The van der Waals surface area contributed by atoms with Gasteiger partial charge >= 0.3 is 5.97 Å². The van der Waals surface area contributed by atoms with Crippen molar-refractivity contribution in [3.8, 4) is 0 Å². The van der Waals surface area contributed by atoms with E-state index in [2.05, 4.69) is 10.3 Å². The molecule has 0 fully saturated rings. The van der Waals surface area contributed by atoms with Gasteiger partial charge in [0, 0.05) is 17.7 Å². The Morgan fingerprint density at radius 3 is 2.54 bits per heavy atom. The van der Waals surface area contributed by atoms with Crippen LogP contribution < -0.4 is 11.1 Å². The van der Waals surface area contributed by atoms with E-state index in [9.17, 15) is 14.4 Å². The van der Waals surface area contributed by atoms with Gasteiger partial charge in [0.2, 0.25) is 5.91 Å². The van der Waals surface area contributed by atoms with Gasteiger partial charge in [-0.1, -0.05) is 12.1 Å². The van der Waals surface area contributed by atoms with Gasteiger partial charge in [-0.2, -0.15) is 0 Å². The third kappa shape index (κ3) is 5.37. The molecular weight excluding hydrogens is 378 g/mol. The molecule has 0 aliphatic heterocycles. The summed E-state index contributed by atoms with van der Waals surface area (Å²) in [7, 11) is 0. The molecule has 144 valence electrons. The molecule has 3 rings (SSSR count). The first-order valence-corrected chi connectivity index (χ1v) is 9.53. The van der Waals surface area contributed by atoms with Crippen molar-refractivity contribution in [2.45, 2.75) is 19.3 Å². The number of para-hydroxylation sites is 1. The van der Waals surface area contributed by atoms with Gasteiger partial charge in [0.25, 0.3) is 5.91 Å². The van der Waals surface area contributed by atoms with Crippen molar-refractivity contribution in [2.24, 2.45) is 5.73 Å². The Hall–Kier alpha value is -3.26. The van der Waals surface area contributed by atoms with Crippen LogP contribution in [0.2, 0.25) is 0 Å². The monoisotopic (exact) mass is 397 g/mol. The molecule has 0 bridgehead atoms. The maximum absolute atomic E-state index is 11.8. The third-order valence-corrected chi connectivity index (χ3v) is 5.02. The van der Waals surface area contributed by atoms with Crippen LogP contribution in [0, 0.1) is 0 Å². The van der Waals surface area contributed by atoms with Gasteiger partial charge in [-0.25, -0.2) is 4.98 Å². The van der Waals surface area contributed by atoms with Crippen LogP contribution in [0.3, 0.4) is 0 Å². The summed E-state index contributed by atoms with van der Waals surface area (Å²) in [5.74, 6) is -1.43. The minimum absolute atomic E-state index is 0.219. The number of nitrogens with one attached hydrogen (secondary N) is 1. The Bertz CT molecular complexity index is 965. The van der Waals surface area contributed by atoms with E-state index in [1.807, 2.05) is 24.3 Å². The number of thiazole rings is 1. The third-order valence-electron chi connectivity index (χ3n) is 3.93. The molecule has 8 heteroatoms. The van der Waals surface area contributed by atoms with E-state index in [0.29, 0.717) is 24.1 Å². The van der Waals surface area contributed by atoms with Crippen LogP contribution >= 0.6 is 11.3 Å². The number of fused-ring (bicyclic) bond motifs is 1. The molecule has 3 aromatic rings. The number of esters is 1. The quantitative estimate of drug-likeness (QED) is 0.568. The molecule has 2 aromatic carbocycles. The normalized spacial score (nSPS) is 10.6. The molecule has 0 aliphatic rings. The number of ether oxygens (including phenoxy) is 1. The second-order valence-electron chi connectivity index (χ2n) is 6.08. The smallest absolute Gasteiger partial charge is 0.306 e. The zero-order chi connectivity index (χ0) is 19.9. The van der Waals surface area contributed by atoms with E-state index < -0.39 is 17.8 Å². The number of carbonyl (C=O) groups excluding carboxylic acids is 3. The first-order chi connectivity index (χ1) is 13.5. The van der Waals surface area contributed by atoms with Crippen LogP contribution in [0.5, 0.6) is 0 Å². The van der Waals surface area contributed by atoms with E-state index in [-0.39, 0.29) is 13.0 Å². The lowest BCUT2D eigenvalue weighted by atomic mass is 10.2. The zero-order valence-electron chi connectivity index (χ0n) is 15.0. The molecule has 3 N–H and O–H groups in total. The molecule has 0 atom stereocenters. The lowest BCUT2D eigenvalue weighted by Gasteiger charge is -2.07. The molecule has 7 nitrogen and oxygen atoms in total. The Morgan fingerprint density at radius 2 is 1.82 bits per heavy atom. The van der Waals surface area contributed by atoms with Gasteiger partial charge in [0.1, 0.15) is 0 Å². The van der Waals surface area contributed by atoms with Gasteiger partial charge in [-0.3, -0.25) is 14.4 Å². The van der Waals surface area contributed by atoms with Crippen LogP contribution in [0.15, 0.2) is 48.5 Å². The molecule has 0 saturated carbocycles. The van der Waals surface area contributed by atoms with E-state index in [0.717, 1.165) is 15.2 Å². The number of rotatable bonds is 8. The van der Waals surface area contributed by atoms with E-state index >= 15 is 0 Å². The summed E-state index contributed by atoms with van der Waals surface area (Å²) in [6.07, 6.45) is 1.51. The van der Waals surface area contributed by atoms with E-state index in [1.165, 1.54) is 12.1 Å². The molecule has 1 aromatic heterocycles. The average Bonchev–Trinajstić information content (AvgIpc) is 3.09. The summed E-state index contributed by atoms with van der Waals surface area (Å²) in [5, 5.41) is 3.56. The highest BCUT2D eigenvalue weighted by Gasteiger charge is 2.10. The number of aromatic nitrogens is 1. The molecule has 0 aliphatic carbocycles. The fraction of sp³-hybridized carbons (Fsp3) is 0.200. The highest BCUT2D eigenvalue weighted by molar-refractivity contribution is 7.18. The van der Waals surface area contributed by atoms with Gasteiger partial charge < -0.3 is 15.8 Å². The summed E-state index contributed by atoms with van der Waals surface area (Å²) < 4.78 is 6.12. The number of hydrogen-bond donors (Lipinski definition) is 2. The van der Waals surface area contributed by atoms with Crippen molar-refractivity contribution in [2.75, 3.05) is 11.9 Å². The van der Waals surface area contributed by atoms with Gasteiger partial charge in [0.15, 0.2) is 6.61 Å². The number of nitrogens with two attached hydrogens (primary N) is 1. The molecule has 0 unspecified atom stereocenters. The fourth-order valence-corrected chi connectivity index (χ4v) is 3.55. The van der Waals surface area contributed by atoms with Crippen molar-refractivity contribution in [1.29, 1.82) is 0 Å². The largest absolute Gasteiger partial charge is 0.456 e. The van der Waals surface area contributed by atoms with Crippen LogP contribution in [0.25, 0.3) is 10.2 Å². The molecule has 0 saturated heterocycles. The first kappa shape index (κ1) is 19.5. The number of amides is 2. The summed E-state index contributed by atoms with van der Waals surface area (Å²) in [6.45, 7) is -0.364. The van der Waals surface area contributed by atoms with Crippen LogP contribution in [0.1, 0.15) is 28.2 Å². The Kier molecular flexibility index (Phi) is 6.33. The number of carbonyl (C=O) groups is 3. The summed E-state index contributed by atoms with van der Waals surface area (Å²) in [4.78, 5) is 39.2. The van der Waals surface area contributed by atoms with E-state index in [1.54, 1.807) is 23.5 Å². The summed E-state index contributed by atoms with van der Waals surface area (Å²) in [5.41, 5.74) is 6.95. The highest BCUT2D eigenvalue weighted by Crippen LogP contribution is 2.22. The van der Waals surface area contributed by atoms with Crippen molar-refractivity contribution in [3.05, 3.63) is 59.1 Å². The predicted molar refractivity (Wildman–Crippen MR) is 107 cm³/mol. The van der Waals surface area contributed by atoms with Gasteiger partial charge in [-0.05, 0) is 49.2 Å². The first-order valence-electron chi connectivity index (χ1n) is 8.71. The topological polar surface area (TPSA) is 111 Å². The maximum atomic E-state index is 11.8. The average molecular weight is 397 g/mol. The van der Waals surface area contributed by atoms with Crippen molar-refractivity contribution in [1.82, 2.24) is 4.98 Å². The SMILES string of the molecule is NC(=O)c1ccc(NC(=O)COC(=O)CCCc2nc3ccccc3s2)cc1. The van der Waals surface area contributed by atoms with Gasteiger partial charge in [-0.15, -0.1) is 11.3 Å². The lowest BCUT2D eigenvalue weighted by molar-refractivity contribution is -0.147. The number of nitrogens with zero attached hydrogens (tertiary/aromatic N) is 1. The molecule has 2 amide bonds. The van der Waals surface area contributed by atoms with Crippen LogP contribution in [0.4, 0.5) is 5.69 Å². The molecule has 28 heavy (non-hydrogen) atoms. The van der Waals surface area contributed by atoms with E-state index in [4.69, 9.17) is 10.5 Å². The summed E-state index contributed by atoms with van der Waals surface area (Å²) >= 11 is 1.61. The van der Waals surface area contributed by atoms with Gasteiger partial charge in [0.05, 0.1) is 15.2 Å². The van der Waals surface area contributed by atoms with Crippen molar-refractivity contribution in [3.63, 3.8) is 0 Å². The van der Waals surface area contributed by atoms with Crippen LogP contribution in [-0.4, -0.2) is 29.4 Å². The number of aryl methyl sites for hydroxylation is 1. The maximum Gasteiger partial charge on any atom is 0.306 e. The number of hydrogen-bond acceptors (Lipinski definition) is 6. The predicted octanol–water partition coefficient (Wildman–Crippen LogP) is 2.90. The van der Waals surface area contributed by atoms with Crippen LogP contribution in [-0.2, 0) is 20.7 Å². The zero-order valence-corrected chi connectivity index (χ0v) is 15.8. The summed E-state index contributed by atoms with van der Waals surface area (Å²) in [6, 6.07) is 14.0. The minimum Gasteiger partial charge on any atom is -0.456 e. The molecule has 0 spiro atoms. The second kappa shape index (κ2) is 9.09. The Morgan fingerprint density at radius 1 is 1.07 bits per heavy atom. The Balaban J connectivity index is 1.37. The second-order valence-corrected chi connectivity index (χ2v) is 7.19. The fourth-order valence-electron chi connectivity index (χ4n) is 2.54. The molecule has 1 heterocycles. The molecule has 0 radical (unpaired) electrons. The minimum atomic E-state index is -0.544. The number of benzene rings is 2.